The van der Waals surface area contributed by atoms with Crippen molar-refractivity contribution in [2.45, 2.75) is 38.1 Å². The molecule has 0 radical (unpaired) electrons. The monoisotopic (exact) mass is 449 g/mol. The third kappa shape index (κ3) is 5.59. The Bertz CT molecular complexity index is 993. The van der Waals surface area contributed by atoms with E-state index in [0.717, 1.165) is 5.69 Å². The van der Waals surface area contributed by atoms with Crippen molar-refractivity contribution in [2.24, 2.45) is 0 Å². The summed E-state index contributed by atoms with van der Waals surface area (Å²) in [6, 6.07) is 11.4. The van der Waals surface area contributed by atoms with Crippen molar-refractivity contribution < 1.29 is 22.7 Å². The highest BCUT2D eigenvalue weighted by Gasteiger charge is 2.42. The summed E-state index contributed by atoms with van der Waals surface area (Å²) < 4.78 is 40.1. The van der Waals surface area contributed by atoms with Gasteiger partial charge >= 0.3 is 6.09 Å². The molecule has 1 saturated heterocycles. The van der Waals surface area contributed by atoms with Crippen molar-refractivity contribution in [3.8, 4) is 0 Å². The number of sulfonamides is 1. The van der Waals surface area contributed by atoms with E-state index in [-0.39, 0.29) is 18.8 Å². The van der Waals surface area contributed by atoms with E-state index in [0.29, 0.717) is 37.9 Å². The number of halogens is 1. The van der Waals surface area contributed by atoms with Crippen molar-refractivity contribution in [2.75, 3.05) is 25.4 Å². The van der Waals surface area contributed by atoms with Gasteiger partial charge in [-0.15, -0.1) is 0 Å². The highest BCUT2D eigenvalue weighted by atomic mass is 32.2. The molecule has 0 unspecified atom stereocenters. The molecule has 1 aliphatic rings. The van der Waals surface area contributed by atoms with E-state index >= 15 is 0 Å². The second-order valence-corrected chi connectivity index (χ2v) is 10.1. The van der Waals surface area contributed by atoms with Gasteiger partial charge in [-0.3, -0.25) is 4.98 Å². The third-order valence-electron chi connectivity index (χ3n) is 5.77. The van der Waals surface area contributed by atoms with Crippen LogP contribution < -0.4 is 0 Å². The molecule has 0 saturated carbocycles. The Morgan fingerprint density at radius 1 is 1.23 bits per heavy atom. The molecule has 1 fully saturated rings. The Morgan fingerprint density at radius 2 is 1.97 bits per heavy atom. The first-order chi connectivity index (χ1) is 14.8. The molecule has 0 atom stereocenters. The molecule has 31 heavy (non-hydrogen) atoms. The summed E-state index contributed by atoms with van der Waals surface area (Å²) in [4.78, 5) is 17.8. The smallest absolute Gasteiger partial charge is 0.407 e. The fourth-order valence-electron chi connectivity index (χ4n) is 4.16. The summed E-state index contributed by atoms with van der Waals surface area (Å²) in [7, 11) is -3.32. The SMILES string of the molecule is CCCS(=O)(=O)N1CCC(CN(Cc2cccc(F)c2)C(=O)O)(c2ccccn2)CC1. The van der Waals surface area contributed by atoms with Gasteiger partial charge in [0.15, 0.2) is 0 Å². The van der Waals surface area contributed by atoms with E-state index in [9.17, 15) is 22.7 Å². The number of carboxylic acid groups (broad SMARTS) is 1. The maximum Gasteiger partial charge on any atom is 0.407 e. The van der Waals surface area contributed by atoms with Gasteiger partial charge in [0.1, 0.15) is 5.82 Å². The van der Waals surface area contributed by atoms with Crippen molar-refractivity contribution >= 4 is 16.1 Å². The first-order valence-electron chi connectivity index (χ1n) is 10.4. The summed E-state index contributed by atoms with van der Waals surface area (Å²) in [5.74, 6) is -0.318. The summed E-state index contributed by atoms with van der Waals surface area (Å²) in [6.07, 6.45) is 2.01. The predicted octanol–water partition coefficient (Wildman–Crippen LogP) is 3.47. The van der Waals surface area contributed by atoms with Gasteiger partial charge in [0.05, 0.1) is 5.75 Å². The van der Waals surface area contributed by atoms with E-state index < -0.39 is 27.3 Å². The minimum atomic E-state index is -3.32. The van der Waals surface area contributed by atoms with Crippen LogP contribution in [0.3, 0.4) is 0 Å². The summed E-state index contributed by atoms with van der Waals surface area (Å²) >= 11 is 0. The van der Waals surface area contributed by atoms with Crippen LogP contribution in [0.1, 0.15) is 37.4 Å². The fraction of sp³-hybridized carbons (Fsp3) is 0.455. The van der Waals surface area contributed by atoms with E-state index in [2.05, 4.69) is 4.98 Å². The molecule has 0 spiro atoms. The van der Waals surface area contributed by atoms with Crippen LogP contribution >= 0.6 is 0 Å². The molecule has 0 bridgehead atoms. The number of rotatable bonds is 8. The number of nitrogens with zero attached hydrogens (tertiary/aromatic N) is 3. The molecule has 2 aromatic rings. The second-order valence-electron chi connectivity index (χ2n) is 7.98. The summed E-state index contributed by atoms with van der Waals surface area (Å²) in [5, 5.41) is 9.85. The van der Waals surface area contributed by atoms with Crippen LogP contribution in [-0.2, 0) is 22.0 Å². The topological polar surface area (TPSA) is 90.8 Å². The third-order valence-corrected chi connectivity index (χ3v) is 7.85. The Kier molecular flexibility index (Phi) is 7.27. The number of hydrogen-bond donors (Lipinski definition) is 1. The van der Waals surface area contributed by atoms with Crippen LogP contribution in [0.4, 0.5) is 9.18 Å². The van der Waals surface area contributed by atoms with Crippen LogP contribution in [0.25, 0.3) is 0 Å². The lowest BCUT2D eigenvalue weighted by Crippen LogP contribution is -2.51. The Balaban J connectivity index is 1.86. The van der Waals surface area contributed by atoms with Crippen molar-refractivity contribution in [1.29, 1.82) is 0 Å². The second kappa shape index (κ2) is 9.74. The normalized spacial score (nSPS) is 16.7. The fourth-order valence-corrected chi connectivity index (χ4v) is 5.68. The average molecular weight is 450 g/mol. The van der Waals surface area contributed by atoms with Crippen molar-refractivity contribution in [1.82, 2.24) is 14.2 Å². The molecule has 1 amide bonds. The standard InChI is InChI=1S/C22H28FN3O4S/c1-2-14-31(29,30)26-12-9-22(10-13-26,20-8-3-4-11-24-20)17-25(21(27)28)16-18-6-5-7-19(23)15-18/h3-8,11,15H,2,9-10,12-14,16-17H2,1H3,(H,27,28). The van der Waals surface area contributed by atoms with E-state index in [1.165, 1.54) is 21.3 Å². The van der Waals surface area contributed by atoms with Gasteiger partial charge in [-0.1, -0.05) is 25.1 Å². The molecule has 2 heterocycles. The molecule has 1 aliphatic heterocycles. The van der Waals surface area contributed by atoms with Crippen LogP contribution in [0.2, 0.25) is 0 Å². The van der Waals surface area contributed by atoms with Gasteiger partial charge in [-0.05, 0) is 49.1 Å². The molecule has 1 aromatic carbocycles. The lowest BCUT2D eigenvalue weighted by atomic mass is 9.75. The van der Waals surface area contributed by atoms with Crippen LogP contribution in [0, 0.1) is 5.82 Å². The lowest BCUT2D eigenvalue weighted by Gasteiger charge is -2.43. The van der Waals surface area contributed by atoms with Crippen LogP contribution in [-0.4, -0.2) is 59.2 Å². The van der Waals surface area contributed by atoms with Gasteiger partial charge in [0.2, 0.25) is 10.0 Å². The van der Waals surface area contributed by atoms with E-state index in [1.807, 2.05) is 19.1 Å². The first-order valence-corrected chi connectivity index (χ1v) is 12.0. The van der Waals surface area contributed by atoms with Crippen molar-refractivity contribution in [3.05, 3.63) is 65.7 Å². The van der Waals surface area contributed by atoms with Crippen molar-refractivity contribution in [3.63, 3.8) is 0 Å². The van der Waals surface area contributed by atoms with Gasteiger partial charge < -0.3 is 10.0 Å². The largest absolute Gasteiger partial charge is 0.465 e. The van der Waals surface area contributed by atoms with Gasteiger partial charge in [-0.25, -0.2) is 21.9 Å². The van der Waals surface area contributed by atoms with E-state index in [4.69, 9.17) is 0 Å². The van der Waals surface area contributed by atoms with Crippen LogP contribution in [0.5, 0.6) is 0 Å². The van der Waals surface area contributed by atoms with E-state index in [1.54, 1.807) is 24.4 Å². The zero-order valence-electron chi connectivity index (χ0n) is 17.6. The molecule has 3 rings (SSSR count). The molecular formula is C22H28FN3O4S. The highest BCUT2D eigenvalue weighted by molar-refractivity contribution is 7.89. The summed E-state index contributed by atoms with van der Waals surface area (Å²) in [6.45, 7) is 2.65. The molecule has 0 aliphatic carbocycles. The molecule has 9 heteroatoms. The minimum Gasteiger partial charge on any atom is -0.465 e. The molecular weight excluding hydrogens is 421 g/mol. The Morgan fingerprint density at radius 3 is 2.55 bits per heavy atom. The number of carbonyl (C=O) groups is 1. The number of piperidine rings is 1. The molecule has 7 nitrogen and oxygen atoms in total. The average Bonchev–Trinajstić information content (AvgIpc) is 2.74. The molecule has 1 N–H and O–H groups in total. The maximum absolute atomic E-state index is 13.6. The van der Waals surface area contributed by atoms with Gasteiger partial charge in [0.25, 0.3) is 0 Å². The summed E-state index contributed by atoms with van der Waals surface area (Å²) in [5.41, 5.74) is 0.681. The zero-order chi connectivity index (χ0) is 22.5. The molecule has 1 aromatic heterocycles. The minimum absolute atomic E-state index is 0.0412. The Labute approximate surface area is 182 Å². The lowest BCUT2D eigenvalue weighted by molar-refractivity contribution is 0.111. The zero-order valence-corrected chi connectivity index (χ0v) is 18.4. The molecule has 168 valence electrons. The quantitative estimate of drug-likeness (QED) is 0.666. The van der Waals surface area contributed by atoms with Gasteiger partial charge in [-0.2, -0.15) is 0 Å². The maximum atomic E-state index is 13.6. The number of benzene rings is 1. The number of pyridine rings is 1. The first kappa shape index (κ1) is 23.1. The number of aromatic nitrogens is 1. The Hall–Kier alpha value is -2.52. The highest BCUT2D eigenvalue weighted by Crippen LogP contribution is 2.36. The van der Waals surface area contributed by atoms with Crippen LogP contribution in [0.15, 0.2) is 48.7 Å². The number of amides is 1. The number of hydrogen-bond acceptors (Lipinski definition) is 4. The predicted molar refractivity (Wildman–Crippen MR) is 116 cm³/mol. The van der Waals surface area contributed by atoms with Gasteiger partial charge in [0, 0.05) is 43.5 Å².